The number of halogens is 1. The molecule has 0 unspecified atom stereocenters. The Bertz CT molecular complexity index is 610. The molecule has 0 fully saturated rings. The van der Waals surface area contributed by atoms with Crippen LogP contribution in [0.5, 0.6) is 5.75 Å². The number of hydrogen-bond donors (Lipinski definition) is 0. The summed E-state index contributed by atoms with van der Waals surface area (Å²) in [7, 11) is 1.72. The number of carbonyl (C=O) groups is 1. The smallest absolute Gasteiger partial charge is 0.263 e. The molecular formula is C16H18ClNO3. The maximum Gasteiger partial charge on any atom is 0.263 e. The molecule has 0 saturated carbocycles. The van der Waals surface area contributed by atoms with Crippen LogP contribution in [-0.2, 0) is 11.3 Å². The van der Waals surface area contributed by atoms with Gasteiger partial charge in [0.2, 0.25) is 0 Å². The highest BCUT2D eigenvalue weighted by Crippen LogP contribution is 2.23. The average molecular weight is 308 g/mol. The van der Waals surface area contributed by atoms with Crippen molar-refractivity contribution >= 4 is 17.5 Å². The van der Waals surface area contributed by atoms with E-state index < -0.39 is 6.10 Å². The van der Waals surface area contributed by atoms with Gasteiger partial charge in [-0.3, -0.25) is 4.79 Å². The van der Waals surface area contributed by atoms with Crippen molar-refractivity contribution in [1.82, 2.24) is 4.90 Å². The Morgan fingerprint density at radius 1 is 1.43 bits per heavy atom. The Labute approximate surface area is 129 Å². The average Bonchev–Trinajstić information content (AvgIpc) is 2.93. The molecule has 5 heteroatoms. The predicted octanol–water partition coefficient (Wildman–Crippen LogP) is 3.67. The largest absolute Gasteiger partial charge is 0.481 e. The number of carbonyl (C=O) groups excluding carboxylic acids is 1. The maximum absolute atomic E-state index is 12.3. The molecule has 21 heavy (non-hydrogen) atoms. The molecule has 0 saturated heterocycles. The van der Waals surface area contributed by atoms with Crippen molar-refractivity contribution in [2.45, 2.75) is 26.5 Å². The van der Waals surface area contributed by atoms with Crippen molar-refractivity contribution in [3.8, 4) is 5.75 Å². The third-order valence-corrected chi connectivity index (χ3v) is 3.37. The minimum atomic E-state index is -0.579. The molecule has 0 aliphatic carbocycles. The first-order valence-electron chi connectivity index (χ1n) is 6.67. The number of aryl methyl sites for hydroxylation is 1. The second-order valence-corrected chi connectivity index (χ2v) is 5.38. The van der Waals surface area contributed by atoms with E-state index in [9.17, 15) is 4.79 Å². The van der Waals surface area contributed by atoms with Crippen molar-refractivity contribution in [2.75, 3.05) is 7.05 Å². The van der Waals surface area contributed by atoms with Gasteiger partial charge in [-0.2, -0.15) is 0 Å². The van der Waals surface area contributed by atoms with Gasteiger partial charge in [0.1, 0.15) is 11.5 Å². The highest BCUT2D eigenvalue weighted by Gasteiger charge is 2.20. The molecule has 112 valence electrons. The van der Waals surface area contributed by atoms with E-state index in [1.54, 1.807) is 49.4 Å². The minimum absolute atomic E-state index is 0.110. The lowest BCUT2D eigenvalue weighted by Gasteiger charge is -2.22. The first-order valence-corrected chi connectivity index (χ1v) is 7.05. The van der Waals surface area contributed by atoms with Gasteiger partial charge in [0.25, 0.3) is 5.91 Å². The highest BCUT2D eigenvalue weighted by atomic mass is 35.5. The minimum Gasteiger partial charge on any atom is -0.481 e. The van der Waals surface area contributed by atoms with Gasteiger partial charge in [-0.25, -0.2) is 0 Å². The second-order valence-electron chi connectivity index (χ2n) is 4.94. The fourth-order valence-corrected chi connectivity index (χ4v) is 2.24. The summed E-state index contributed by atoms with van der Waals surface area (Å²) in [6.45, 7) is 4.04. The summed E-state index contributed by atoms with van der Waals surface area (Å²) in [5.74, 6) is 1.29. The van der Waals surface area contributed by atoms with Crippen LogP contribution in [-0.4, -0.2) is 24.0 Å². The van der Waals surface area contributed by atoms with Crippen LogP contribution in [0.3, 0.4) is 0 Å². The fraction of sp³-hybridized carbons (Fsp3) is 0.312. The third-order valence-electron chi connectivity index (χ3n) is 3.14. The molecule has 2 aromatic rings. The molecule has 1 heterocycles. The second kappa shape index (κ2) is 6.68. The van der Waals surface area contributed by atoms with E-state index in [1.807, 2.05) is 13.0 Å². The topological polar surface area (TPSA) is 42.7 Å². The zero-order valence-corrected chi connectivity index (χ0v) is 13.1. The number of likely N-dealkylation sites (N-methyl/N-ethyl adjacent to an activating group) is 1. The number of furan rings is 1. The van der Waals surface area contributed by atoms with E-state index in [0.717, 1.165) is 11.3 Å². The van der Waals surface area contributed by atoms with Crippen LogP contribution >= 0.6 is 11.6 Å². The first kappa shape index (κ1) is 15.4. The Morgan fingerprint density at radius 3 is 2.81 bits per heavy atom. The zero-order chi connectivity index (χ0) is 15.4. The van der Waals surface area contributed by atoms with Gasteiger partial charge in [-0.05, 0) is 49.7 Å². The quantitative estimate of drug-likeness (QED) is 0.846. The van der Waals surface area contributed by atoms with E-state index in [4.69, 9.17) is 20.8 Å². The summed E-state index contributed by atoms with van der Waals surface area (Å²) < 4.78 is 11.0. The Morgan fingerprint density at radius 2 is 2.19 bits per heavy atom. The van der Waals surface area contributed by atoms with Crippen LogP contribution in [0.15, 0.2) is 41.0 Å². The van der Waals surface area contributed by atoms with Crippen molar-refractivity contribution in [3.05, 3.63) is 52.9 Å². The Kier molecular flexibility index (Phi) is 4.91. The Balaban J connectivity index is 1.98. The summed E-state index contributed by atoms with van der Waals surface area (Å²) in [5.41, 5.74) is 0.899. The van der Waals surface area contributed by atoms with E-state index in [2.05, 4.69) is 0 Å². The van der Waals surface area contributed by atoms with Gasteiger partial charge in [0.15, 0.2) is 6.10 Å². The molecular weight excluding hydrogens is 290 g/mol. The molecule has 0 bridgehead atoms. The lowest BCUT2D eigenvalue weighted by atomic mass is 10.2. The van der Waals surface area contributed by atoms with Crippen LogP contribution in [0.1, 0.15) is 18.2 Å². The van der Waals surface area contributed by atoms with E-state index in [0.29, 0.717) is 17.3 Å². The third kappa shape index (κ3) is 4.02. The molecule has 0 N–H and O–H groups in total. The SMILES string of the molecule is Cc1cc(Cl)ccc1O[C@H](C)C(=O)N(C)Cc1ccco1. The van der Waals surface area contributed by atoms with E-state index in [-0.39, 0.29) is 5.91 Å². The number of ether oxygens (including phenoxy) is 1. The van der Waals surface area contributed by atoms with Crippen molar-refractivity contribution < 1.29 is 13.9 Å². The maximum atomic E-state index is 12.3. The van der Waals surface area contributed by atoms with Crippen LogP contribution in [0.25, 0.3) is 0 Å². The zero-order valence-electron chi connectivity index (χ0n) is 12.3. The predicted molar refractivity (Wildman–Crippen MR) is 81.5 cm³/mol. The van der Waals surface area contributed by atoms with Gasteiger partial charge in [0, 0.05) is 12.1 Å². The summed E-state index contributed by atoms with van der Waals surface area (Å²) in [6.07, 6.45) is 1.01. The van der Waals surface area contributed by atoms with E-state index in [1.165, 1.54) is 0 Å². The molecule has 1 amide bonds. The standard InChI is InChI=1S/C16H18ClNO3/c1-11-9-13(17)6-7-15(11)21-12(2)16(19)18(3)10-14-5-4-8-20-14/h4-9,12H,10H2,1-3H3/t12-/m1/s1. The molecule has 1 atom stereocenters. The fourth-order valence-electron chi connectivity index (χ4n) is 2.01. The molecule has 1 aromatic carbocycles. The van der Waals surface area contributed by atoms with E-state index >= 15 is 0 Å². The van der Waals surface area contributed by atoms with Crippen molar-refractivity contribution in [2.24, 2.45) is 0 Å². The normalized spacial score (nSPS) is 12.0. The molecule has 2 rings (SSSR count). The summed E-state index contributed by atoms with van der Waals surface area (Å²) in [4.78, 5) is 13.9. The lowest BCUT2D eigenvalue weighted by Crippen LogP contribution is -2.37. The summed E-state index contributed by atoms with van der Waals surface area (Å²) in [6, 6.07) is 8.95. The molecule has 0 spiro atoms. The van der Waals surface area contributed by atoms with Gasteiger partial charge in [0.05, 0.1) is 12.8 Å². The molecule has 1 aromatic heterocycles. The molecule has 0 aliphatic rings. The van der Waals surface area contributed by atoms with Crippen LogP contribution < -0.4 is 4.74 Å². The van der Waals surface area contributed by atoms with Crippen molar-refractivity contribution in [3.63, 3.8) is 0 Å². The molecule has 0 radical (unpaired) electrons. The Hall–Kier alpha value is -1.94. The van der Waals surface area contributed by atoms with Gasteiger partial charge in [-0.1, -0.05) is 11.6 Å². The summed E-state index contributed by atoms with van der Waals surface area (Å²) >= 11 is 5.90. The molecule has 4 nitrogen and oxygen atoms in total. The van der Waals surface area contributed by atoms with Gasteiger partial charge >= 0.3 is 0 Å². The number of amides is 1. The number of benzene rings is 1. The van der Waals surface area contributed by atoms with Crippen LogP contribution in [0, 0.1) is 6.92 Å². The van der Waals surface area contributed by atoms with Gasteiger partial charge < -0.3 is 14.1 Å². The van der Waals surface area contributed by atoms with Crippen molar-refractivity contribution in [1.29, 1.82) is 0 Å². The monoisotopic (exact) mass is 307 g/mol. The van der Waals surface area contributed by atoms with Crippen LogP contribution in [0.2, 0.25) is 5.02 Å². The number of hydrogen-bond acceptors (Lipinski definition) is 3. The lowest BCUT2D eigenvalue weighted by molar-refractivity contribution is -0.137. The van der Waals surface area contributed by atoms with Gasteiger partial charge in [-0.15, -0.1) is 0 Å². The molecule has 0 aliphatic heterocycles. The highest BCUT2D eigenvalue weighted by molar-refractivity contribution is 6.30. The summed E-state index contributed by atoms with van der Waals surface area (Å²) in [5, 5.41) is 0.647. The number of nitrogens with zero attached hydrogens (tertiary/aromatic N) is 1. The first-order chi connectivity index (χ1) is 9.97. The number of rotatable bonds is 5. The van der Waals surface area contributed by atoms with Crippen LogP contribution in [0.4, 0.5) is 0 Å².